The maximum Gasteiger partial charge on any atom is 0.370 e. The summed E-state index contributed by atoms with van der Waals surface area (Å²) >= 11 is 0. The molecule has 5 N–H and O–H groups in total. The molecule has 0 aliphatic rings. The fourth-order valence-corrected chi connectivity index (χ4v) is 2.72. The molecule has 0 aliphatic heterocycles. The third-order valence-corrected chi connectivity index (χ3v) is 4.12. The molecule has 1 aromatic heterocycles. The van der Waals surface area contributed by atoms with Crippen LogP contribution in [0.1, 0.15) is 16.7 Å². The van der Waals surface area contributed by atoms with E-state index >= 15 is 0 Å². The van der Waals surface area contributed by atoms with Crippen LogP contribution in [0.2, 0.25) is 0 Å². The largest absolute Gasteiger partial charge is 0.504 e. The summed E-state index contributed by atoms with van der Waals surface area (Å²) in [6.45, 7) is -0.175. The molecule has 1 heterocycles. The van der Waals surface area contributed by atoms with E-state index in [2.05, 4.69) is 0 Å². The average molecular weight is 380 g/mol. The average Bonchev–Trinajstić information content (AvgIpc) is 2.65. The van der Waals surface area contributed by atoms with E-state index in [0.29, 0.717) is 16.7 Å². The van der Waals surface area contributed by atoms with Gasteiger partial charge in [0.05, 0.1) is 0 Å². The summed E-state index contributed by atoms with van der Waals surface area (Å²) < 4.78 is 1.50. The molecule has 0 spiro atoms. The van der Waals surface area contributed by atoms with Gasteiger partial charge in [0.15, 0.2) is 35.4 Å². The van der Waals surface area contributed by atoms with Crippen molar-refractivity contribution >= 4 is 17.6 Å². The molecule has 0 amide bonds. The van der Waals surface area contributed by atoms with Gasteiger partial charge in [-0.3, -0.25) is 0 Å². The Balaban J connectivity index is 2.10. The van der Waals surface area contributed by atoms with Crippen molar-refractivity contribution in [1.29, 1.82) is 0 Å². The molecule has 0 saturated heterocycles. The van der Waals surface area contributed by atoms with Crippen LogP contribution in [0.15, 0.2) is 60.9 Å². The van der Waals surface area contributed by atoms with Crippen molar-refractivity contribution in [2.75, 3.05) is 0 Å². The quantitative estimate of drug-likeness (QED) is 0.263. The molecule has 7 nitrogen and oxygen atoms in total. The van der Waals surface area contributed by atoms with Crippen LogP contribution in [0, 0.1) is 0 Å². The Bertz CT molecular complexity index is 1060. The van der Waals surface area contributed by atoms with Crippen LogP contribution >= 0.6 is 0 Å². The fourth-order valence-electron chi connectivity index (χ4n) is 2.72. The van der Waals surface area contributed by atoms with Gasteiger partial charge in [0.25, 0.3) is 0 Å². The van der Waals surface area contributed by atoms with E-state index in [1.807, 2.05) is 0 Å². The Morgan fingerprint density at radius 2 is 1.39 bits per heavy atom. The van der Waals surface area contributed by atoms with E-state index in [0.717, 1.165) is 5.56 Å². The van der Waals surface area contributed by atoms with Crippen molar-refractivity contribution in [1.82, 2.24) is 0 Å². The second-order valence-corrected chi connectivity index (χ2v) is 6.16. The van der Waals surface area contributed by atoms with Crippen LogP contribution in [0.25, 0.3) is 11.6 Å². The van der Waals surface area contributed by atoms with Crippen molar-refractivity contribution in [3.63, 3.8) is 0 Å². The highest BCUT2D eigenvalue weighted by Gasteiger charge is 2.12. The molecule has 28 heavy (non-hydrogen) atoms. The van der Waals surface area contributed by atoms with Crippen molar-refractivity contribution in [2.24, 2.45) is 0 Å². The first-order valence-electron chi connectivity index (χ1n) is 8.31. The summed E-state index contributed by atoms with van der Waals surface area (Å²) in [5.41, 5.74) is 2.57. The number of aromatic nitrogens is 1. The van der Waals surface area contributed by atoms with Gasteiger partial charge in [0.2, 0.25) is 6.54 Å². The number of rotatable bonds is 5. The summed E-state index contributed by atoms with van der Waals surface area (Å²) in [6.07, 6.45) is 4.97. The molecule has 0 aliphatic carbocycles. The molecule has 3 rings (SSSR count). The van der Waals surface area contributed by atoms with Crippen LogP contribution in [0.5, 0.6) is 23.0 Å². The number of aromatic hydroxyl groups is 4. The normalized spacial score (nSPS) is 11.4. The highest BCUT2D eigenvalue weighted by atomic mass is 16.4. The van der Waals surface area contributed by atoms with E-state index in [4.69, 9.17) is 5.11 Å². The molecule has 0 unspecified atom stereocenters. The fraction of sp³-hybridized carbons (Fsp3) is 0.0476. The smallest absolute Gasteiger partial charge is 0.370 e. The number of hydrogen-bond acceptors (Lipinski definition) is 5. The van der Waals surface area contributed by atoms with Crippen LogP contribution in [0.3, 0.4) is 0 Å². The Hall–Kier alpha value is -4.00. The van der Waals surface area contributed by atoms with E-state index < -0.39 is 5.97 Å². The number of aliphatic carboxylic acids is 1. The van der Waals surface area contributed by atoms with Gasteiger partial charge in [0.1, 0.15) is 0 Å². The lowest BCUT2D eigenvalue weighted by molar-refractivity contribution is -0.685. The number of hydrogen-bond donors (Lipinski definition) is 5. The third kappa shape index (κ3) is 4.21. The lowest BCUT2D eigenvalue weighted by Gasteiger charge is -2.10. The number of pyridine rings is 1. The first kappa shape index (κ1) is 18.8. The SMILES string of the molecule is O=C(O)C[n+]1ccc(C(=Cc2ccc(O)c(O)c2)c2ccc(O)c(O)c2)cc1. The van der Waals surface area contributed by atoms with Gasteiger partial charge in [0, 0.05) is 12.1 Å². The van der Waals surface area contributed by atoms with Crippen LogP contribution < -0.4 is 4.57 Å². The van der Waals surface area contributed by atoms with Crippen LogP contribution in [-0.2, 0) is 11.3 Å². The van der Waals surface area contributed by atoms with Crippen molar-refractivity contribution in [3.05, 3.63) is 77.6 Å². The van der Waals surface area contributed by atoms with E-state index in [1.54, 1.807) is 42.7 Å². The van der Waals surface area contributed by atoms with E-state index in [1.165, 1.54) is 28.8 Å². The van der Waals surface area contributed by atoms with Gasteiger partial charge in [-0.2, -0.15) is 4.57 Å². The van der Waals surface area contributed by atoms with Gasteiger partial charge >= 0.3 is 5.97 Å². The van der Waals surface area contributed by atoms with Crippen LogP contribution in [0.4, 0.5) is 0 Å². The molecule has 0 radical (unpaired) electrons. The molecule has 7 heteroatoms. The number of carboxylic acid groups (broad SMARTS) is 1. The Labute approximate surface area is 160 Å². The first-order chi connectivity index (χ1) is 13.3. The minimum Gasteiger partial charge on any atom is -0.504 e. The predicted molar refractivity (Wildman–Crippen MR) is 101 cm³/mol. The molecule has 3 aromatic rings. The zero-order chi connectivity index (χ0) is 20.3. The summed E-state index contributed by atoms with van der Waals surface area (Å²) in [6, 6.07) is 12.2. The van der Waals surface area contributed by atoms with Crippen molar-refractivity contribution in [2.45, 2.75) is 6.54 Å². The molecular formula is C21H18NO6+. The first-order valence-corrected chi connectivity index (χ1v) is 8.31. The minimum absolute atomic E-state index is 0.175. The van der Waals surface area contributed by atoms with Gasteiger partial charge < -0.3 is 25.5 Å². The Morgan fingerprint density at radius 3 is 1.96 bits per heavy atom. The lowest BCUT2D eigenvalue weighted by atomic mass is 9.96. The summed E-state index contributed by atoms with van der Waals surface area (Å²) in [5, 5.41) is 47.6. The maximum atomic E-state index is 10.9. The Morgan fingerprint density at radius 1 is 0.786 bits per heavy atom. The number of benzene rings is 2. The maximum absolute atomic E-state index is 10.9. The number of carbonyl (C=O) groups is 1. The third-order valence-electron chi connectivity index (χ3n) is 4.12. The lowest BCUT2D eigenvalue weighted by Crippen LogP contribution is -2.36. The van der Waals surface area contributed by atoms with Gasteiger partial charge in [-0.25, -0.2) is 4.79 Å². The molecule has 2 aromatic carbocycles. The van der Waals surface area contributed by atoms with Crippen molar-refractivity contribution in [3.8, 4) is 23.0 Å². The molecule has 0 bridgehead atoms. The molecule has 0 atom stereocenters. The second-order valence-electron chi connectivity index (χ2n) is 6.16. The zero-order valence-electron chi connectivity index (χ0n) is 14.6. The highest BCUT2D eigenvalue weighted by molar-refractivity contribution is 5.92. The summed E-state index contributed by atoms with van der Waals surface area (Å²) in [7, 11) is 0. The number of carboxylic acids is 1. The van der Waals surface area contributed by atoms with Crippen LogP contribution in [-0.4, -0.2) is 31.5 Å². The predicted octanol–water partition coefficient (Wildman–Crippen LogP) is 2.47. The number of nitrogens with zero attached hydrogens (tertiary/aromatic N) is 1. The van der Waals surface area contributed by atoms with E-state index in [-0.39, 0.29) is 29.5 Å². The number of phenolic OH excluding ortho intramolecular Hbond substituents is 4. The topological polar surface area (TPSA) is 122 Å². The van der Waals surface area contributed by atoms with Crippen molar-refractivity contribution < 1.29 is 34.9 Å². The summed E-state index contributed by atoms with van der Waals surface area (Å²) in [4.78, 5) is 10.9. The summed E-state index contributed by atoms with van der Waals surface area (Å²) in [5.74, 6) is -2.01. The van der Waals surface area contributed by atoms with Gasteiger partial charge in [-0.05, 0) is 52.6 Å². The van der Waals surface area contributed by atoms with Gasteiger partial charge in [-0.15, -0.1) is 0 Å². The Kier molecular flexibility index (Phi) is 5.17. The molecule has 0 fully saturated rings. The second kappa shape index (κ2) is 7.71. The zero-order valence-corrected chi connectivity index (χ0v) is 14.6. The standard InChI is InChI=1S/C21H17NO6/c23-17-3-1-13(10-19(17)25)9-16(15-2-4-18(24)20(26)11-15)14-5-7-22(8-6-14)12-21(27)28/h1-11H,12H2,(H4,24,25,26,27,28)/p+1. The molecule has 142 valence electrons. The monoisotopic (exact) mass is 380 g/mol. The van der Waals surface area contributed by atoms with E-state index in [9.17, 15) is 25.2 Å². The highest BCUT2D eigenvalue weighted by Crippen LogP contribution is 2.33. The minimum atomic E-state index is -0.962. The van der Waals surface area contributed by atoms with Gasteiger partial charge in [-0.1, -0.05) is 12.1 Å². The molecule has 0 saturated carbocycles. The molecular weight excluding hydrogens is 362 g/mol. The number of phenols is 4.